The quantitative estimate of drug-likeness (QED) is 0.226. The number of aromatic nitrogens is 3. The van der Waals surface area contributed by atoms with Crippen molar-refractivity contribution in [3.63, 3.8) is 0 Å². The third-order valence-electron chi connectivity index (χ3n) is 7.97. The molecule has 6 rings (SSSR count). The number of carboxylic acid groups (broad SMARTS) is 1. The maximum absolute atomic E-state index is 14.4. The van der Waals surface area contributed by atoms with Crippen LogP contribution in [0.2, 0.25) is 0 Å². The summed E-state index contributed by atoms with van der Waals surface area (Å²) in [5.41, 5.74) is 1.05. The molecule has 0 bridgehead atoms. The van der Waals surface area contributed by atoms with E-state index in [1.165, 1.54) is 7.05 Å². The zero-order chi connectivity index (χ0) is 29.6. The van der Waals surface area contributed by atoms with Crippen molar-refractivity contribution in [2.75, 3.05) is 20.2 Å². The van der Waals surface area contributed by atoms with Gasteiger partial charge in [0.25, 0.3) is 0 Å². The second kappa shape index (κ2) is 10.8. The Labute approximate surface area is 240 Å². The van der Waals surface area contributed by atoms with Crippen LogP contribution in [0.1, 0.15) is 40.3 Å². The van der Waals surface area contributed by atoms with Crippen molar-refractivity contribution in [1.82, 2.24) is 19.2 Å². The highest BCUT2D eigenvalue weighted by Gasteiger charge is 2.41. The predicted molar refractivity (Wildman–Crippen MR) is 155 cm³/mol. The maximum Gasteiger partial charge on any atom is 0.433 e. The monoisotopic (exact) mass is 576 g/mol. The van der Waals surface area contributed by atoms with Gasteiger partial charge in [-0.05, 0) is 49.9 Å². The molecular formula is C32H31F3N4O3. The molecule has 7 nitrogen and oxygen atoms in total. The Morgan fingerprint density at radius 3 is 2.52 bits per heavy atom. The van der Waals surface area contributed by atoms with Crippen LogP contribution in [0, 0.1) is 0 Å². The van der Waals surface area contributed by atoms with Crippen molar-refractivity contribution in [3.8, 4) is 16.9 Å². The summed E-state index contributed by atoms with van der Waals surface area (Å²) in [6.07, 6.45) is -3.09. The number of aromatic carboxylic acids is 1. The fourth-order valence-electron chi connectivity index (χ4n) is 6.29. The van der Waals surface area contributed by atoms with Gasteiger partial charge in [0.05, 0.1) is 17.8 Å². The lowest BCUT2D eigenvalue weighted by molar-refractivity contribution is -0.143. The van der Waals surface area contributed by atoms with Crippen LogP contribution in [0.4, 0.5) is 13.2 Å². The summed E-state index contributed by atoms with van der Waals surface area (Å²) in [6, 6.07) is 18.9. The molecular weight excluding hydrogens is 545 g/mol. The van der Waals surface area contributed by atoms with Crippen molar-refractivity contribution in [3.05, 3.63) is 83.3 Å². The van der Waals surface area contributed by atoms with Gasteiger partial charge in [-0.3, -0.25) is 4.68 Å². The fraction of sp³-hybridized carbons (Fsp3) is 0.312. The van der Waals surface area contributed by atoms with E-state index in [-0.39, 0.29) is 17.8 Å². The highest BCUT2D eigenvalue weighted by molar-refractivity contribution is 6.04. The topological polar surface area (TPSA) is 72.5 Å². The SMILES string of the molecule is CN1CCCn2c(C(=O)O)c(CCCOc3cccc4ccccc34)c3cccc(c32)-c2c(nn(C)c2C(F)(F)F)C1. The van der Waals surface area contributed by atoms with E-state index >= 15 is 0 Å². The summed E-state index contributed by atoms with van der Waals surface area (Å²) in [4.78, 5) is 14.7. The number of para-hydroxylation sites is 1. The number of aryl methyl sites for hydroxylation is 3. The molecule has 0 aliphatic carbocycles. The van der Waals surface area contributed by atoms with Crippen LogP contribution < -0.4 is 4.74 Å². The second-order valence-electron chi connectivity index (χ2n) is 10.8. The molecule has 0 spiro atoms. The molecule has 5 aromatic rings. The first-order chi connectivity index (χ1) is 20.1. The maximum atomic E-state index is 14.4. The lowest BCUT2D eigenvalue weighted by atomic mass is 9.97. The Balaban J connectivity index is 1.44. The van der Waals surface area contributed by atoms with Crippen LogP contribution in [-0.4, -0.2) is 50.5 Å². The number of carbonyl (C=O) groups is 1. The molecule has 10 heteroatoms. The summed E-state index contributed by atoms with van der Waals surface area (Å²) < 4.78 is 51.9. The van der Waals surface area contributed by atoms with Crippen LogP contribution >= 0.6 is 0 Å². The van der Waals surface area contributed by atoms with Crippen molar-refractivity contribution in [2.24, 2.45) is 7.05 Å². The Morgan fingerprint density at radius 1 is 1.00 bits per heavy atom. The van der Waals surface area contributed by atoms with Crippen LogP contribution in [-0.2, 0) is 32.7 Å². The van der Waals surface area contributed by atoms with Crippen molar-refractivity contribution in [2.45, 2.75) is 38.5 Å². The van der Waals surface area contributed by atoms with Gasteiger partial charge in [-0.15, -0.1) is 0 Å². The first-order valence-corrected chi connectivity index (χ1v) is 13.9. The van der Waals surface area contributed by atoms with E-state index < -0.39 is 17.8 Å². The molecule has 0 unspecified atom stereocenters. The average molecular weight is 577 g/mol. The number of hydrogen-bond donors (Lipinski definition) is 1. The summed E-state index contributed by atoms with van der Waals surface area (Å²) in [7, 11) is 3.14. The van der Waals surface area contributed by atoms with E-state index in [1.807, 2.05) is 60.5 Å². The summed E-state index contributed by atoms with van der Waals surface area (Å²) in [6.45, 7) is 1.55. The molecule has 3 aromatic carbocycles. The minimum atomic E-state index is -4.64. The number of hydrogen-bond acceptors (Lipinski definition) is 4. The summed E-state index contributed by atoms with van der Waals surface area (Å²) in [5, 5.41) is 17.4. The number of halogens is 3. The molecule has 0 saturated heterocycles. The standard InChI is InChI=1S/C32H31F3N4O3/c1-37-16-8-17-39-28-22(12-6-13-24(28)27-25(19-37)36-38(2)30(27)32(33,34)35)23(29(39)31(40)41)14-7-18-42-26-15-5-10-20-9-3-4-11-21(20)26/h3-6,9-13,15H,7-8,14,16-19H2,1-2H3,(H,40,41). The van der Waals surface area contributed by atoms with Crippen molar-refractivity contribution >= 4 is 27.6 Å². The zero-order valence-corrected chi connectivity index (χ0v) is 23.4. The van der Waals surface area contributed by atoms with Gasteiger partial charge in [-0.25, -0.2) is 4.79 Å². The van der Waals surface area contributed by atoms with Crippen LogP contribution in [0.15, 0.2) is 60.7 Å². The van der Waals surface area contributed by atoms with E-state index in [0.717, 1.165) is 21.2 Å². The smallest absolute Gasteiger partial charge is 0.433 e. The zero-order valence-electron chi connectivity index (χ0n) is 23.4. The lowest BCUT2D eigenvalue weighted by Gasteiger charge is -2.21. The van der Waals surface area contributed by atoms with Gasteiger partial charge in [-0.1, -0.05) is 54.6 Å². The third-order valence-corrected chi connectivity index (χ3v) is 7.97. The minimum absolute atomic E-state index is 0.00544. The Bertz CT molecular complexity index is 1800. The van der Waals surface area contributed by atoms with E-state index in [4.69, 9.17) is 4.74 Å². The van der Waals surface area contributed by atoms with Gasteiger partial charge in [-0.2, -0.15) is 18.3 Å². The van der Waals surface area contributed by atoms with Crippen LogP contribution in [0.25, 0.3) is 32.8 Å². The molecule has 0 saturated carbocycles. The van der Waals surface area contributed by atoms with Crippen molar-refractivity contribution in [1.29, 1.82) is 0 Å². The normalized spacial score (nSPS) is 14.3. The molecule has 2 aromatic heterocycles. The average Bonchev–Trinajstić information content (AvgIpc) is 3.45. The molecule has 0 radical (unpaired) electrons. The van der Waals surface area contributed by atoms with Crippen molar-refractivity contribution < 1.29 is 27.8 Å². The highest BCUT2D eigenvalue weighted by atomic mass is 19.4. The minimum Gasteiger partial charge on any atom is -0.493 e. The highest BCUT2D eigenvalue weighted by Crippen LogP contribution is 2.43. The molecule has 218 valence electrons. The first kappa shape index (κ1) is 27.8. The lowest BCUT2D eigenvalue weighted by Crippen LogP contribution is -2.23. The van der Waals surface area contributed by atoms with Crippen LogP contribution in [0.5, 0.6) is 5.75 Å². The molecule has 3 heterocycles. The van der Waals surface area contributed by atoms with Gasteiger partial charge in [0, 0.05) is 42.0 Å². The van der Waals surface area contributed by atoms with Gasteiger partial charge in [0.2, 0.25) is 0 Å². The number of carboxylic acids is 1. The van der Waals surface area contributed by atoms with E-state index in [2.05, 4.69) is 5.10 Å². The molecule has 0 atom stereocenters. The first-order valence-electron chi connectivity index (χ1n) is 13.9. The summed E-state index contributed by atoms with van der Waals surface area (Å²) in [5.74, 6) is -0.349. The van der Waals surface area contributed by atoms with E-state index in [9.17, 15) is 23.1 Å². The fourth-order valence-corrected chi connectivity index (χ4v) is 6.29. The third kappa shape index (κ3) is 4.89. The number of benzene rings is 3. The molecule has 1 aliphatic rings. The molecule has 1 aliphatic heterocycles. The molecule has 0 fully saturated rings. The van der Waals surface area contributed by atoms with Gasteiger partial charge in [0.1, 0.15) is 11.4 Å². The summed E-state index contributed by atoms with van der Waals surface area (Å²) >= 11 is 0. The van der Waals surface area contributed by atoms with Gasteiger partial charge in [0.15, 0.2) is 5.69 Å². The number of rotatable bonds is 6. The van der Waals surface area contributed by atoms with E-state index in [1.54, 1.807) is 16.7 Å². The Morgan fingerprint density at radius 2 is 1.74 bits per heavy atom. The van der Waals surface area contributed by atoms with Gasteiger partial charge >= 0.3 is 12.1 Å². The molecule has 1 N–H and O–H groups in total. The predicted octanol–water partition coefficient (Wildman–Crippen LogP) is 6.76. The van der Waals surface area contributed by atoms with Crippen LogP contribution in [0.3, 0.4) is 0 Å². The van der Waals surface area contributed by atoms with Gasteiger partial charge < -0.3 is 19.3 Å². The number of fused-ring (bicyclic) bond motifs is 3. The Kier molecular flexibility index (Phi) is 7.18. The largest absolute Gasteiger partial charge is 0.493 e. The molecule has 0 amide bonds. The number of alkyl halides is 3. The Hall–Kier alpha value is -4.31. The number of nitrogens with zero attached hydrogens (tertiary/aromatic N) is 4. The van der Waals surface area contributed by atoms with E-state index in [0.29, 0.717) is 66.7 Å². The second-order valence-corrected chi connectivity index (χ2v) is 10.8. The molecule has 42 heavy (non-hydrogen) atoms. The number of ether oxygens (including phenoxy) is 1.